The highest BCUT2D eigenvalue weighted by Crippen LogP contribution is 2.04. The molecule has 1 aliphatic rings. The first-order valence-electron chi connectivity index (χ1n) is 7.83. The molecule has 0 spiro atoms. The molecule has 2 amide bonds. The molecule has 1 saturated heterocycles. The van der Waals surface area contributed by atoms with Gasteiger partial charge in [-0.3, -0.25) is 19.3 Å². The average Bonchev–Trinajstić information content (AvgIpc) is 2.75. The third-order valence-corrected chi connectivity index (χ3v) is 4.00. The van der Waals surface area contributed by atoms with Crippen LogP contribution in [-0.4, -0.2) is 77.9 Å². The van der Waals surface area contributed by atoms with Gasteiger partial charge in [-0.25, -0.2) is 0 Å². The van der Waals surface area contributed by atoms with E-state index in [1.54, 1.807) is 42.2 Å². The Balaban J connectivity index is 1.90. The summed E-state index contributed by atoms with van der Waals surface area (Å²) in [6.45, 7) is 3.17. The van der Waals surface area contributed by atoms with E-state index in [-0.39, 0.29) is 23.9 Å². The molecule has 0 aromatic carbocycles. The van der Waals surface area contributed by atoms with E-state index in [9.17, 15) is 14.4 Å². The summed E-state index contributed by atoms with van der Waals surface area (Å²) in [6, 6.07) is 4.85. The van der Waals surface area contributed by atoms with Crippen LogP contribution >= 0.6 is 0 Å². The van der Waals surface area contributed by atoms with Gasteiger partial charge in [0.2, 0.25) is 11.8 Å². The summed E-state index contributed by atoms with van der Waals surface area (Å²) >= 11 is 0. The molecule has 7 heteroatoms. The fourth-order valence-corrected chi connectivity index (χ4v) is 2.55. The van der Waals surface area contributed by atoms with Crippen LogP contribution in [0.4, 0.5) is 0 Å². The van der Waals surface area contributed by atoms with Crippen LogP contribution in [0.15, 0.2) is 29.2 Å². The molecule has 23 heavy (non-hydrogen) atoms. The summed E-state index contributed by atoms with van der Waals surface area (Å²) in [7, 11) is 3.49. The predicted octanol–water partition coefficient (Wildman–Crippen LogP) is -0.529. The van der Waals surface area contributed by atoms with E-state index in [4.69, 9.17) is 0 Å². The quantitative estimate of drug-likeness (QED) is 0.748. The maximum absolute atomic E-state index is 12.4. The molecule has 126 valence electrons. The second-order valence-corrected chi connectivity index (χ2v) is 5.97. The van der Waals surface area contributed by atoms with Gasteiger partial charge in [-0.05, 0) is 12.5 Å². The number of pyridine rings is 1. The molecule has 7 nitrogen and oxygen atoms in total. The Kier molecular flexibility index (Phi) is 5.92. The number of carbonyl (C=O) groups excluding carboxylic acids is 2. The number of hydrogen-bond donors (Lipinski definition) is 0. The molecule has 0 N–H and O–H groups in total. The summed E-state index contributed by atoms with van der Waals surface area (Å²) in [5.74, 6) is 0.0136. The predicted molar refractivity (Wildman–Crippen MR) is 87.0 cm³/mol. The second kappa shape index (κ2) is 7.92. The summed E-state index contributed by atoms with van der Waals surface area (Å²) in [4.78, 5) is 41.3. The van der Waals surface area contributed by atoms with Crippen molar-refractivity contribution in [3.05, 3.63) is 34.7 Å². The Labute approximate surface area is 136 Å². The number of carbonyl (C=O) groups is 2. The first kappa shape index (κ1) is 17.2. The Bertz CT molecular complexity index is 611. The van der Waals surface area contributed by atoms with Gasteiger partial charge in [0.25, 0.3) is 5.56 Å². The van der Waals surface area contributed by atoms with Gasteiger partial charge in [-0.2, -0.15) is 0 Å². The lowest BCUT2D eigenvalue weighted by Gasteiger charge is -2.23. The van der Waals surface area contributed by atoms with Crippen LogP contribution in [0.2, 0.25) is 0 Å². The molecule has 2 rings (SSSR count). The van der Waals surface area contributed by atoms with Crippen molar-refractivity contribution < 1.29 is 9.59 Å². The highest BCUT2D eigenvalue weighted by atomic mass is 16.2. The summed E-state index contributed by atoms with van der Waals surface area (Å²) in [5.41, 5.74) is -0.172. The molecule has 0 unspecified atom stereocenters. The number of likely N-dealkylation sites (N-methyl/N-ethyl adjacent to an activating group) is 1. The molecule has 1 aliphatic heterocycles. The fraction of sp³-hybridized carbons (Fsp3) is 0.562. The van der Waals surface area contributed by atoms with Crippen LogP contribution in [0.5, 0.6) is 0 Å². The maximum atomic E-state index is 12.4. The van der Waals surface area contributed by atoms with Gasteiger partial charge >= 0.3 is 0 Å². The normalized spacial score (nSPS) is 16.0. The molecule has 0 saturated carbocycles. The van der Waals surface area contributed by atoms with Gasteiger partial charge in [0.05, 0.1) is 6.54 Å². The highest BCUT2D eigenvalue weighted by molar-refractivity contribution is 5.78. The van der Waals surface area contributed by atoms with Crippen molar-refractivity contribution in [1.82, 2.24) is 19.3 Å². The Morgan fingerprint density at radius 3 is 2.57 bits per heavy atom. The topological polar surface area (TPSA) is 65.9 Å². The molecule has 0 atom stereocenters. The van der Waals surface area contributed by atoms with Crippen LogP contribution in [0.1, 0.15) is 6.42 Å². The third kappa shape index (κ3) is 4.92. The van der Waals surface area contributed by atoms with Crippen LogP contribution in [-0.2, 0) is 16.1 Å². The minimum absolute atomic E-state index is 0.0564. The van der Waals surface area contributed by atoms with E-state index in [2.05, 4.69) is 4.90 Å². The molecule has 0 bridgehead atoms. The lowest BCUT2D eigenvalue weighted by Crippen LogP contribution is -2.40. The van der Waals surface area contributed by atoms with Crippen molar-refractivity contribution >= 4 is 11.8 Å². The summed E-state index contributed by atoms with van der Waals surface area (Å²) < 4.78 is 1.42. The number of amides is 2. The van der Waals surface area contributed by atoms with Crippen molar-refractivity contribution in [3.8, 4) is 0 Å². The standard InChI is InChI=1S/C16H24N4O3/c1-17(2)15(22)12-18-7-5-9-19(11-10-18)16(23)13-20-8-4-3-6-14(20)21/h3-4,6,8H,5,7,9-13H2,1-2H3. The van der Waals surface area contributed by atoms with Crippen molar-refractivity contribution in [3.63, 3.8) is 0 Å². The first-order chi connectivity index (χ1) is 11.0. The van der Waals surface area contributed by atoms with E-state index in [0.29, 0.717) is 26.2 Å². The van der Waals surface area contributed by atoms with E-state index >= 15 is 0 Å². The number of hydrogen-bond acceptors (Lipinski definition) is 4. The maximum Gasteiger partial charge on any atom is 0.250 e. The molecule has 0 aliphatic carbocycles. The Morgan fingerprint density at radius 1 is 1.09 bits per heavy atom. The van der Waals surface area contributed by atoms with Gasteiger partial charge in [-0.1, -0.05) is 6.07 Å². The molecule has 0 radical (unpaired) electrons. The molecule has 1 aromatic heterocycles. The van der Waals surface area contributed by atoms with Crippen LogP contribution in [0, 0.1) is 0 Å². The van der Waals surface area contributed by atoms with Crippen molar-refractivity contribution in [1.29, 1.82) is 0 Å². The van der Waals surface area contributed by atoms with Crippen molar-refractivity contribution in [2.24, 2.45) is 0 Å². The third-order valence-electron chi connectivity index (χ3n) is 4.00. The monoisotopic (exact) mass is 320 g/mol. The van der Waals surface area contributed by atoms with Gasteiger partial charge in [0.1, 0.15) is 6.54 Å². The zero-order valence-corrected chi connectivity index (χ0v) is 13.8. The van der Waals surface area contributed by atoms with Gasteiger partial charge < -0.3 is 14.4 Å². The van der Waals surface area contributed by atoms with E-state index in [0.717, 1.165) is 13.0 Å². The molecule has 1 fully saturated rings. The first-order valence-corrected chi connectivity index (χ1v) is 7.83. The molecule has 2 heterocycles. The van der Waals surface area contributed by atoms with Crippen molar-refractivity contribution in [2.75, 3.05) is 46.8 Å². The summed E-state index contributed by atoms with van der Waals surface area (Å²) in [5, 5.41) is 0. The smallest absolute Gasteiger partial charge is 0.250 e. The van der Waals surface area contributed by atoms with Crippen molar-refractivity contribution in [2.45, 2.75) is 13.0 Å². The number of nitrogens with zero attached hydrogens (tertiary/aromatic N) is 4. The number of aromatic nitrogens is 1. The zero-order valence-electron chi connectivity index (χ0n) is 13.8. The molecular weight excluding hydrogens is 296 g/mol. The van der Waals surface area contributed by atoms with Crippen LogP contribution in [0.3, 0.4) is 0 Å². The van der Waals surface area contributed by atoms with Gasteiger partial charge in [0.15, 0.2) is 0 Å². The number of rotatable bonds is 4. The minimum Gasteiger partial charge on any atom is -0.348 e. The zero-order chi connectivity index (χ0) is 16.8. The Morgan fingerprint density at radius 2 is 1.87 bits per heavy atom. The van der Waals surface area contributed by atoms with E-state index in [1.807, 2.05) is 0 Å². The second-order valence-electron chi connectivity index (χ2n) is 5.97. The highest BCUT2D eigenvalue weighted by Gasteiger charge is 2.21. The van der Waals surface area contributed by atoms with Gasteiger partial charge in [0, 0.05) is 52.5 Å². The molecular formula is C16H24N4O3. The van der Waals surface area contributed by atoms with E-state index in [1.165, 1.54) is 10.6 Å². The van der Waals surface area contributed by atoms with Gasteiger partial charge in [-0.15, -0.1) is 0 Å². The minimum atomic E-state index is -0.172. The largest absolute Gasteiger partial charge is 0.348 e. The van der Waals surface area contributed by atoms with Crippen LogP contribution < -0.4 is 5.56 Å². The lowest BCUT2D eigenvalue weighted by atomic mass is 10.3. The Hall–Kier alpha value is -2.15. The van der Waals surface area contributed by atoms with E-state index < -0.39 is 0 Å². The molecule has 1 aromatic rings. The fourth-order valence-electron chi connectivity index (χ4n) is 2.55. The summed E-state index contributed by atoms with van der Waals surface area (Å²) in [6.07, 6.45) is 2.45. The lowest BCUT2D eigenvalue weighted by molar-refractivity contribution is -0.131. The average molecular weight is 320 g/mol. The van der Waals surface area contributed by atoms with Crippen LogP contribution in [0.25, 0.3) is 0 Å². The SMILES string of the molecule is CN(C)C(=O)CN1CCCN(C(=O)Cn2ccccc2=O)CC1.